The predicted octanol–water partition coefficient (Wildman–Crippen LogP) is 6.18. The minimum Gasteiger partial charge on any atom is -0.456 e. The molecule has 1 fully saturated rings. The number of nitrogens with two attached hydrogens (primary N) is 1. The average molecular weight is 662 g/mol. The molecule has 1 aliphatic carbocycles. The number of ether oxygens (including phenoxy) is 1. The van der Waals surface area contributed by atoms with Gasteiger partial charge in [-0.1, -0.05) is 96.2 Å². The van der Waals surface area contributed by atoms with E-state index >= 15 is 0 Å². The maximum Gasteiger partial charge on any atom is 0.363 e. The lowest BCUT2D eigenvalue weighted by atomic mass is 9.77. The van der Waals surface area contributed by atoms with E-state index in [-0.39, 0.29) is 30.3 Å². The first kappa shape index (κ1) is 32.1. The molecule has 0 aliphatic heterocycles. The quantitative estimate of drug-likeness (QED) is 0.0469. The zero-order valence-corrected chi connectivity index (χ0v) is 26.5. The normalized spacial score (nSPS) is 13.7. The lowest BCUT2D eigenvalue weighted by Gasteiger charge is -2.36. The minimum atomic E-state index is -0.858. The Labute approximate surface area is 280 Å². The molecule has 1 amide bonds. The van der Waals surface area contributed by atoms with Gasteiger partial charge in [-0.05, 0) is 47.2 Å². The Balaban J connectivity index is 1.33. The zero-order valence-electron chi connectivity index (χ0n) is 25.7. The summed E-state index contributed by atoms with van der Waals surface area (Å²) < 4.78 is 5.54. The molecule has 1 aromatic heterocycles. The molecule has 48 heavy (non-hydrogen) atoms. The number of aromatic nitrogens is 1. The van der Waals surface area contributed by atoms with Crippen molar-refractivity contribution in [3.8, 4) is 0 Å². The first-order valence-corrected chi connectivity index (χ1v) is 16.0. The summed E-state index contributed by atoms with van der Waals surface area (Å²) in [6, 6.07) is 35.7. The van der Waals surface area contributed by atoms with Gasteiger partial charge in [-0.2, -0.15) is 0 Å². The molecule has 0 radical (unpaired) electrons. The number of nitro groups is 1. The number of rotatable bonds is 14. The molecule has 4 aromatic carbocycles. The number of carbonyl (C=O) groups excluding carboxylic acids is 2. The van der Waals surface area contributed by atoms with Crippen molar-refractivity contribution < 1.29 is 24.1 Å². The summed E-state index contributed by atoms with van der Waals surface area (Å²) in [4.78, 5) is 46.2. The van der Waals surface area contributed by atoms with Crippen LogP contribution in [0.15, 0.2) is 126 Å². The molecule has 0 atom stereocenters. The molecule has 0 unspecified atom stereocenters. The number of nitrogens with one attached hydrogen (secondary N) is 1. The van der Waals surface area contributed by atoms with Crippen LogP contribution in [-0.2, 0) is 31.3 Å². The van der Waals surface area contributed by atoms with Crippen molar-refractivity contribution in [2.45, 2.75) is 25.0 Å². The number of nitro benzene ring substituents is 1. The van der Waals surface area contributed by atoms with E-state index in [0.29, 0.717) is 23.5 Å². The zero-order chi connectivity index (χ0) is 33.6. The number of anilines is 1. The summed E-state index contributed by atoms with van der Waals surface area (Å²) in [7, 11) is 0. The Kier molecular flexibility index (Phi) is 9.26. The van der Waals surface area contributed by atoms with E-state index in [2.05, 4.69) is 10.5 Å². The van der Waals surface area contributed by atoms with Crippen molar-refractivity contribution in [3.05, 3.63) is 159 Å². The van der Waals surface area contributed by atoms with Crippen molar-refractivity contribution in [2.24, 2.45) is 16.3 Å². The van der Waals surface area contributed by atoms with Crippen molar-refractivity contribution in [3.63, 3.8) is 0 Å². The second-order valence-corrected chi connectivity index (χ2v) is 12.2. The number of hydrogen-bond donors (Lipinski definition) is 2. The van der Waals surface area contributed by atoms with Crippen LogP contribution >= 0.6 is 11.3 Å². The van der Waals surface area contributed by atoms with Gasteiger partial charge in [-0.3, -0.25) is 14.9 Å². The Morgan fingerprint density at radius 1 is 0.896 bits per heavy atom. The van der Waals surface area contributed by atoms with Gasteiger partial charge in [-0.25, -0.2) is 9.78 Å². The number of benzene rings is 4. The van der Waals surface area contributed by atoms with Gasteiger partial charge in [0.05, 0.1) is 10.3 Å². The molecule has 0 bridgehead atoms. The number of hydrogen-bond acceptors (Lipinski definition) is 10. The number of amides is 1. The number of carbonyl (C=O) groups is 2. The molecule has 0 saturated heterocycles. The van der Waals surface area contributed by atoms with Crippen LogP contribution in [0.1, 0.15) is 40.8 Å². The van der Waals surface area contributed by atoms with Crippen molar-refractivity contribution >= 4 is 39.7 Å². The lowest BCUT2D eigenvalue weighted by Crippen LogP contribution is -2.38. The Morgan fingerprint density at radius 3 is 1.92 bits per heavy atom. The van der Waals surface area contributed by atoms with Gasteiger partial charge >= 0.3 is 5.97 Å². The molecule has 3 N–H and O–H groups in total. The SMILES string of the molecule is NC(=O)C1(CO/N=C(\C(=O)OCc2ccc([N+](=O)[O-])cc2)c2csc(NC(c3ccccc3)(c3ccccc3)c3ccccc3)n2)CC1. The maximum absolute atomic E-state index is 13.5. The smallest absolute Gasteiger partial charge is 0.363 e. The third kappa shape index (κ3) is 6.79. The van der Waals surface area contributed by atoms with Crippen LogP contribution in [0, 0.1) is 15.5 Å². The molecule has 6 rings (SSSR count). The number of esters is 1. The first-order valence-electron chi connectivity index (χ1n) is 15.1. The van der Waals surface area contributed by atoms with Crippen LogP contribution in [0.4, 0.5) is 10.8 Å². The lowest BCUT2D eigenvalue weighted by molar-refractivity contribution is -0.384. The fourth-order valence-electron chi connectivity index (χ4n) is 5.33. The largest absolute Gasteiger partial charge is 0.456 e. The molecule has 1 aliphatic rings. The summed E-state index contributed by atoms with van der Waals surface area (Å²) in [6.07, 6.45) is 1.15. The highest BCUT2D eigenvalue weighted by Crippen LogP contribution is 2.45. The van der Waals surface area contributed by atoms with Crippen molar-refractivity contribution in [1.82, 2.24) is 4.98 Å². The van der Waals surface area contributed by atoms with Crippen molar-refractivity contribution in [2.75, 3.05) is 11.9 Å². The fourth-order valence-corrected chi connectivity index (χ4v) is 6.08. The number of nitrogens with zero attached hydrogens (tertiary/aromatic N) is 3. The molecule has 5 aromatic rings. The van der Waals surface area contributed by atoms with Gasteiger partial charge in [-0.15, -0.1) is 11.3 Å². The molecule has 11 nitrogen and oxygen atoms in total. The van der Waals surface area contributed by atoms with E-state index in [1.165, 1.54) is 35.6 Å². The molecule has 242 valence electrons. The van der Waals surface area contributed by atoms with E-state index < -0.39 is 27.8 Å². The standard InChI is InChI=1S/C36H31N5O6S/c37-33(43)35(20-21-35)24-47-40-31(32(42)46-22-25-16-18-29(19-17-25)41(44)45)30-23-48-34(38-30)39-36(26-10-4-1-5-11-26,27-12-6-2-7-13-27)28-14-8-3-9-15-28/h1-19,23H,20-22,24H2,(H2,37,43)(H,38,39)/b40-31-. The molecule has 1 saturated carbocycles. The summed E-state index contributed by atoms with van der Waals surface area (Å²) in [5.74, 6) is -1.31. The number of non-ortho nitro benzene ring substituents is 1. The molecular formula is C36H31N5O6S. The monoisotopic (exact) mass is 661 g/mol. The number of primary amides is 1. The van der Waals surface area contributed by atoms with E-state index in [4.69, 9.17) is 20.3 Å². The van der Waals surface area contributed by atoms with Crippen LogP contribution in [0.5, 0.6) is 0 Å². The molecular weight excluding hydrogens is 630 g/mol. The van der Waals surface area contributed by atoms with Gasteiger partial charge < -0.3 is 20.6 Å². The van der Waals surface area contributed by atoms with Gasteiger partial charge in [0.25, 0.3) is 5.69 Å². The van der Waals surface area contributed by atoms with Gasteiger partial charge in [0.1, 0.15) is 24.4 Å². The Hall–Kier alpha value is -5.88. The van der Waals surface area contributed by atoms with Crippen LogP contribution in [0.25, 0.3) is 0 Å². The topological polar surface area (TPSA) is 159 Å². The highest BCUT2D eigenvalue weighted by atomic mass is 32.1. The first-order chi connectivity index (χ1) is 23.3. The van der Waals surface area contributed by atoms with Gasteiger partial charge in [0, 0.05) is 17.5 Å². The summed E-state index contributed by atoms with van der Waals surface area (Å²) >= 11 is 1.28. The third-order valence-corrected chi connectivity index (χ3v) is 9.00. The molecule has 1 heterocycles. The molecule has 12 heteroatoms. The predicted molar refractivity (Wildman–Crippen MR) is 181 cm³/mol. The van der Waals surface area contributed by atoms with Crippen LogP contribution in [-0.4, -0.2) is 34.1 Å². The highest BCUT2D eigenvalue weighted by Gasteiger charge is 2.50. The number of oxime groups is 1. The van der Waals surface area contributed by atoms with Gasteiger partial charge in [0.2, 0.25) is 11.6 Å². The second-order valence-electron chi connectivity index (χ2n) is 11.4. The summed E-state index contributed by atoms with van der Waals surface area (Å²) in [6.45, 7) is -0.259. The Bertz CT molecular complexity index is 1830. The third-order valence-electron chi connectivity index (χ3n) is 8.25. The maximum atomic E-state index is 13.5. The average Bonchev–Trinajstić information content (AvgIpc) is 3.79. The van der Waals surface area contributed by atoms with Crippen molar-refractivity contribution in [1.29, 1.82) is 0 Å². The van der Waals surface area contributed by atoms with E-state index in [9.17, 15) is 19.7 Å². The van der Waals surface area contributed by atoms with E-state index in [1.54, 1.807) is 5.38 Å². The Morgan fingerprint density at radius 2 is 1.44 bits per heavy atom. The fraction of sp³-hybridized carbons (Fsp3) is 0.167. The van der Waals surface area contributed by atoms with Crippen LogP contribution in [0.3, 0.4) is 0 Å². The number of thiazole rings is 1. The van der Waals surface area contributed by atoms with Gasteiger partial charge in [0.15, 0.2) is 5.13 Å². The molecule has 0 spiro atoms. The van der Waals surface area contributed by atoms with E-state index in [1.807, 2.05) is 91.0 Å². The summed E-state index contributed by atoms with van der Waals surface area (Å²) in [5.41, 5.74) is 7.25. The second kappa shape index (κ2) is 13.9. The van der Waals surface area contributed by atoms with Crippen LogP contribution in [0.2, 0.25) is 0 Å². The van der Waals surface area contributed by atoms with E-state index in [0.717, 1.165) is 16.7 Å². The summed E-state index contributed by atoms with van der Waals surface area (Å²) in [5, 5.41) is 21.0. The minimum absolute atomic E-state index is 0.0794. The van der Waals surface area contributed by atoms with Crippen LogP contribution < -0.4 is 11.1 Å². The highest BCUT2D eigenvalue weighted by molar-refractivity contribution is 7.14.